The monoisotopic (exact) mass is 357 g/mol. The first kappa shape index (κ1) is 16.8. The van der Waals surface area contributed by atoms with Gasteiger partial charge in [0.15, 0.2) is 13.2 Å². The van der Waals surface area contributed by atoms with Gasteiger partial charge in [-0.2, -0.15) is 8.75 Å². The minimum Gasteiger partial charge on any atom is -0.482 e. The lowest BCUT2D eigenvalue weighted by molar-refractivity contribution is -0.149. The summed E-state index contributed by atoms with van der Waals surface area (Å²) in [5, 5.41) is 2.66. The molecule has 1 heterocycles. The molecule has 0 unspecified atom stereocenters. The number of nitrogens with one attached hydrogen (secondary N) is 1. The molecule has 25 heavy (non-hydrogen) atoms. The van der Waals surface area contributed by atoms with Crippen LogP contribution in [0.4, 0.5) is 5.69 Å². The fourth-order valence-electron chi connectivity index (χ4n) is 2.14. The maximum Gasteiger partial charge on any atom is 0.344 e. The second kappa shape index (κ2) is 7.71. The van der Waals surface area contributed by atoms with E-state index in [1.165, 1.54) is 0 Å². The Hall–Kier alpha value is -3.00. The quantitative estimate of drug-likeness (QED) is 0.682. The van der Waals surface area contributed by atoms with Gasteiger partial charge in [0.1, 0.15) is 16.8 Å². The third-order valence-corrected chi connectivity index (χ3v) is 3.91. The Kier molecular flexibility index (Phi) is 5.20. The van der Waals surface area contributed by atoms with Gasteiger partial charge in [-0.25, -0.2) is 4.79 Å². The summed E-state index contributed by atoms with van der Waals surface area (Å²) in [6.07, 6.45) is 0. The van der Waals surface area contributed by atoms with Crippen molar-refractivity contribution in [2.24, 2.45) is 0 Å². The number of fused-ring (bicyclic) bond motifs is 1. The lowest BCUT2D eigenvalue weighted by Crippen LogP contribution is -2.23. The number of rotatable bonds is 6. The smallest absolute Gasteiger partial charge is 0.344 e. The van der Waals surface area contributed by atoms with Crippen LogP contribution in [0.25, 0.3) is 11.0 Å². The molecule has 1 amide bonds. The summed E-state index contributed by atoms with van der Waals surface area (Å²) in [6, 6.07) is 12.6. The highest BCUT2D eigenvalue weighted by atomic mass is 32.1. The summed E-state index contributed by atoms with van der Waals surface area (Å²) in [7, 11) is 0. The maximum atomic E-state index is 11.9. The third kappa shape index (κ3) is 4.30. The number of nitrogens with zero attached hydrogens (tertiary/aromatic N) is 2. The van der Waals surface area contributed by atoms with Gasteiger partial charge in [0.05, 0.1) is 17.4 Å². The van der Waals surface area contributed by atoms with Crippen molar-refractivity contribution in [3.8, 4) is 5.75 Å². The Balaban J connectivity index is 1.48. The molecule has 0 radical (unpaired) electrons. The molecule has 2 aromatic carbocycles. The normalized spacial score (nSPS) is 10.4. The molecule has 0 aliphatic heterocycles. The zero-order valence-corrected chi connectivity index (χ0v) is 14.2. The number of amides is 1. The summed E-state index contributed by atoms with van der Waals surface area (Å²) in [5.41, 5.74) is 2.75. The number of hydrogen-bond acceptors (Lipinski definition) is 7. The van der Waals surface area contributed by atoms with Gasteiger partial charge in [-0.3, -0.25) is 4.79 Å². The number of carbonyl (C=O) groups is 2. The predicted molar refractivity (Wildman–Crippen MR) is 93.7 cm³/mol. The molecule has 0 aliphatic carbocycles. The molecule has 0 fully saturated rings. The number of aryl methyl sites for hydroxylation is 1. The molecule has 3 rings (SSSR count). The van der Waals surface area contributed by atoms with Crippen LogP contribution >= 0.6 is 11.7 Å². The molecule has 128 valence electrons. The van der Waals surface area contributed by atoms with Gasteiger partial charge in [0.2, 0.25) is 0 Å². The van der Waals surface area contributed by atoms with Crippen LogP contribution in [0, 0.1) is 6.92 Å². The standard InChI is InChI=1S/C17H15N3O4S/c1-11-5-2-3-8-14(11)23-10-16(22)24-9-15(21)18-12-6-4-7-13-17(12)20-25-19-13/h2-8H,9-10H2,1H3,(H,18,21). The molecule has 0 spiro atoms. The van der Waals surface area contributed by atoms with Crippen LogP contribution < -0.4 is 10.1 Å². The molecule has 0 bridgehead atoms. The zero-order valence-electron chi connectivity index (χ0n) is 13.4. The minimum atomic E-state index is -0.619. The maximum absolute atomic E-state index is 11.9. The Morgan fingerprint density at radius 1 is 1.08 bits per heavy atom. The second-order valence-corrected chi connectivity index (χ2v) is 5.73. The molecule has 1 N–H and O–H groups in total. The van der Waals surface area contributed by atoms with Crippen molar-refractivity contribution in [2.45, 2.75) is 6.92 Å². The lowest BCUT2D eigenvalue weighted by atomic mass is 10.2. The largest absolute Gasteiger partial charge is 0.482 e. The highest BCUT2D eigenvalue weighted by Gasteiger charge is 2.12. The van der Waals surface area contributed by atoms with Crippen molar-refractivity contribution in [1.82, 2.24) is 8.75 Å². The summed E-state index contributed by atoms with van der Waals surface area (Å²) in [6.45, 7) is 1.22. The van der Waals surface area contributed by atoms with Crippen LogP contribution in [0.15, 0.2) is 42.5 Å². The van der Waals surface area contributed by atoms with Crippen LogP contribution in [0.2, 0.25) is 0 Å². The van der Waals surface area contributed by atoms with Crippen molar-refractivity contribution in [3.05, 3.63) is 48.0 Å². The van der Waals surface area contributed by atoms with Crippen LogP contribution in [0.3, 0.4) is 0 Å². The van der Waals surface area contributed by atoms with Crippen molar-refractivity contribution in [3.63, 3.8) is 0 Å². The van der Waals surface area contributed by atoms with Crippen molar-refractivity contribution in [2.75, 3.05) is 18.5 Å². The summed E-state index contributed by atoms with van der Waals surface area (Å²) < 4.78 is 18.5. The third-order valence-electron chi connectivity index (χ3n) is 3.36. The highest BCUT2D eigenvalue weighted by molar-refractivity contribution is 7.00. The second-order valence-electron chi connectivity index (χ2n) is 5.20. The first-order valence-corrected chi connectivity index (χ1v) is 8.21. The van der Waals surface area contributed by atoms with Gasteiger partial charge in [-0.1, -0.05) is 24.3 Å². The first-order valence-electron chi connectivity index (χ1n) is 7.48. The van der Waals surface area contributed by atoms with E-state index in [2.05, 4.69) is 14.1 Å². The Bertz CT molecular complexity index is 910. The molecular weight excluding hydrogens is 342 g/mol. The topological polar surface area (TPSA) is 90.4 Å². The Morgan fingerprint density at radius 2 is 1.92 bits per heavy atom. The van der Waals surface area contributed by atoms with Crippen LogP contribution in [-0.4, -0.2) is 33.8 Å². The molecule has 3 aromatic rings. The van der Waals surface area contributed by atoms with E-state index in [-0.39, 0.29) is 6.61 Å². The Morgan fingerprint density at radius 3 is 2.76 bits per heavy atom. The van der Waals surface area contributed by atoms with E-state index in [0.717, 1.165) is 17.3 Å². The predicted octanol–water partition coefficient (Wildman–Crippen LogP) is 2.56. The van der Waals surface area contributed by atoms with E-state index >= 15 is 0 Å². The number of esters is 1. The highest BCUT2D eigenvalue weighted by Crippen LogP contribution is 2.21. The summed E-state index contributed by atoms with van der Waals surface area (Å²) >= 11 is 1.06. The van der Waals surface area contributed by atoms with E-state index in [1.807, 2.05) is 25.1 Å². The van der Waals surface area contributed by atoms with Gasteiger partial charge in [-0.05, 0) is 30.7 Å². The van der Waals surface area contributed by atoms with Gasteiger partial charge < -0.3 is 14.8 Å². The number of carbonyl (C=O) groups excluding carboxylic acids is 2. The average Bonchev–Trinajstić information content (AvgIpc) is 3.09. The number of ether oxygens (including phenoxy) is 2. The molecule has 0 atom stereocenters. The minimum absolute atomic E-state index is 0.260. The van der Waals surface area contributed by atoms with E-state index in [4.69, 9.17) is 9.47 Å². The Labute approximate surface area is 147 Å². The molecule has 0 saturated heterocycles. The summed E-state index contributed by atoms with van der Waals surface area (Å²) in [5.74, 6) is -0.469. The van der Waals surface area contributed by atoms with Crippen LogP contribution in [-0.2, 0) is 14.3 Å². The number of hydrogen-bond donors (Lipinski definition) is 1. The van der Waals surface area contributed by atoms with Gasteiger partial charge in [0.25, 0.3) is 5.91 Å². The fourth-order valence-corrected chi connectivity index (χ4v) is 2.69. The molecule has 7 nitrogen and oxygen atoms in total. The van der Waals surface area contributed by atoms with E-state index in [9.17, 15) is 9.59 Å². The fraction of sp³-hybridized carbons (Fsp3) is 0.176. The average molecular weight is 357 g/mol. The number of para-hydroxylation sites is 1. The first-order chi connectivity index (χ1) is 12.1. The van der Waals surface area contributed by atoms with E-state index in [1.54, 1.807) is 24.3 Å². The molecule has 8 heteroatoms. The van der Waals surface area contributed by atoms with E-state index in [0.29, 0.717) is 22.5 Å². The molecule has 0 aliphatic rings. The van der Waals surface area contributed by atoms with Crippen LogP contribution in [0.1, 0.15) is 5.56 Å². The molecule has 1 aromatic heterocycles. The van der Waals surface area contributed by atoms with E-state index < -0.39 is 18.5 Å². The number of benzene rings is 2. The zero-order chi connectivity index (χ0) is 17.6. The van der Waals surface area contributed by atoms with Gasteiger partial charge in [-0.15, -0.1) is 0 Å². The van der Waals surface area contributed by atoms with Gasteiger partial charge in [0, 0.05) is 0 Å². The van der Waals surface area contributed by atoms with Crippen molar-refractivity contribution >= 4 is 40.3 Å². The lowest BCUT2D eigenvalue weighted by Gasteiger charge is -2.09. The number of aromatic nitrogens is 2. The summed E-state index contributed by atoms with van der Waals surface area (Å²) in [4.78, 5) is 23.6. The van der Waals surface area contributed by atoms with Crippen molar-refractivity contribution in [1.29, 1.82) is 0 Å². The van der Waals surface area contributed by atoms with Crippen LogP contribution in [0.5, 0.6) is 5.75 Å². The van der Waals surface area contributed by atoms with Crippen molar-refractivity contribution < 1.29 is 19.1 Å². The molecule has 0 saturated carbocycles. The number of anilines is 1. The molecular formula is C17H15N3O4S. The SMILES string of the molecule is Cc1ccccc1OCC(=O)OCC(=O)Nc1cccc2nsnc12. The van der Waals surface area contributed by atoms with Gasteiger partial charge >= 0.3 is 5.97 Å².